The van der Waals surface area contributed by atoms with Crippen molar-refractivity contribution in [1.29, 1.82) is 0 Å². The van der Waals surface area contributed by atoms with E-state index < -0.39 is 21.0 Å². The van der Waals surface area contributed by atoms with Crippen molar-refractivity contribution in [2.45, 2.75) is 37.5 Å². The molecule has 7 heteroatoms. The molecule has 0 aliphatic heterocycles. The highest BCUT2D eigenvalue weighted by atomic mass is 32.2. The molecule has 0 saturated heterocycles. The number of amides is 1. The second-order valence-electron chi connectivity index (χ2n) is 4.53. The number of thiocarbonyl (C=S) groups is 1. The molecule has 0 aromatic carbocycles. The average Bonchev–Trinajstić information content (AvgIpc) is 2.63. The fourth-order valence-electron chi connectivity index (χ4n) is 1.97. The Labute approximate surface area is 107 Å². The topological polar surface area (TPSA) is 89.3 Å². The quantitative estimate of drug-likeness (QED) is 0.706. The second-order valence-corrected chi connectivity index (χ2v) is 7.36. The molecule has 1 rings (SSSR count). The first-order chi connectivity index (χ1) is 7.73. The minimum absolute atomic E-state index is 0.0132. The van der Waals surface area contributed by atoms with Crippen molar-refractivity contribution in [2.24, 2.45) is 11.7 Å². The lowest BCUT2D eigenvalue weighted by atomic mass is 10.0. The van der Waals surface area contributed by atoms with Gasteiger partial charge in [-0.1, -0.05) is 18.6 Å². The Bertz CT molecular complexity index is 419. The van der Waals surface area contributed by atoms with Crippen LogP contribution in [0.4, 0.5) is 0 Å². The average molecular weight is 278 g/mol. The molecular weight excluding hydrogens is 260 g/mol. The number of carbonyl (C=O) groups excluding carboxylic acids is 1. The molecule has 1 aliphatic rings. The number of sulfone groups is 1. The summed E-state index contributed by atoms with van der Waals surface area (Å²) in [5.41, 5.74) is 5.59. The molecule has 3 N–H and O–H groups in total. The van der Waals surface area contributed by atoms with Crippen LogP contribution in [0.25, 0.3) is 0 Å². The van der Waals surface area contributed by atoms with Crippen LogP contribution in [-0.4, -0.2) is 36.9 Å². The number of nitrogens with one attached hydrogen (secondary N) is 1. The molecule has 5 nitrogen and oxygen atoms in total. The highest BCUT2D eigenvalue weighted by Crippen LogP contribution is 2.26. The van der Waals surface area contributed by atoms with Crippen LogP contribution < -0.4 is 11.1 Å². The van der Waals surface area contributed by atoms with Crippen molar-refractivity contribution in [2.75, 3.05) is 6.26 Å². The zero-order chi connectivity index (χ0) is 13.2. The summed E-state index contributed by atoms with van der Waals surface area (Å²) in [4.78, 5) is 12.1. The van der Waals surface area contributed by atoms with E-state index in [2.05, 4.69) is 5.32 Å². The molecule has 0 radical (unpaired) electrons. The van der Waals surface area contributed by atoms with Gasteiger partial charge in [-0.3, -0.25) is 4.79 Å². The summed E-state index contributed by atoms with van der Waals surface area (Å²) in [7, 11) is -3.36. The Morgan fingerprint density at radius 3 is 2.53 bits per heavy atom. The van der Waals surface area contributed by atoms with E-state index in [1.165, 1.54) is 6.92 Å². The van der Waals surface area contributed by atoms with E-state index in [1.54, 1.807) is 0 Å². The van der Waals surface area contributed by atoms with Crippen molar-refractivity contribution >= 4 is 33.0 Å². The molecule has 0 bridgehead atoms. The summed E-state index contributed by atoms with van der Waals surface area (Å²) in [6.45, 7) is 1.38. The number of hydrogen-bond donors (Lipinski definition) is 2. The Morgan fingerprint density at radius 2 is 2.06 bits per heavy atom. The van der Waals surface area contributed by atoms with Crippen molar-refractivity contribution in [3.8, 4) is 0 Å². The van der Waals surface area contributed by atoms with Crippen molar-refractivity contribution < 1.29 is 13.2 Å². The van der Waals surface area contributed by atoms with Gasteiger partial charge >= 0.3 is 0 Å². The van der Waals surface area contributed by atoms with Gasteiger partial charge in [0, 0.05) is 18.2 Å². The largest absolute Gasteiger partial charge is 0.393 e. The van der Waals surface area contributed by atoms with Gasteiger partial charge < -0.3 is 11.1 Å². The van der Waals surface area contributed by atoms with Crippen molar-refractivity contribution in [3.05, 3.63) is 0 Å². The van der Waals surface area contributed by atoms with Gasteiger partial charge in [0.15, 0.2) is 9.84 Å². The predicted molar refractivity (Wildman–Crippen MR) is 70.4 cm³/mol. The molecule has 1 aliphatic carbocycles. The first kappa shape index (κ1) is 14.4. The molecule has 3 atom stereocenters. The van der Waals surface area contributed by atoms with Gasteiger partial charge in [-0.25, -0.2) is 8.42 Å². The Kier molecular flexibility index (Phi) is 4.48. The third-order valence-electron chi connectivity index (χ3n) is 3.22. The normalized spacial score (nSPS) is 26.5. The molecule has 0 aromatic heterocycles. The van der Waals surface area contributed by atoms with E-state index >= 15 is 0 Å². The van der Waals surface area contributed by atoms with Crippen LogP contribution in [0, 0.1) is 5.92 Å². The minimum Gasteiger partial charge on any atom is -0.393 e. The third-order valence-corrected chi connectivity index (χ3v) is 5.02. The van der Waals surface area contributed by atoms with Crippen LogP contribution in [0.3, 0.4) is 0 Å². The number of rotatable bonds is 4. The fourth-order valence-corrected chi connectivity index (χ4v) is 2.71. The van der Waals surface area contributed by atoms with E-state index in [0.717, 1.165) is 25.5 Å². The monoisotopic (exact) mass is 278 g/mol. The number of carbonyl (C=O) groups is 1. The van der Waals surface area contributed by atoms with Crippen LogP contribution >= 0.6 is 12.2 Å². The van der Waals surface area contributed by atoms with Gasteiger partial charge in [-0.2, -0.15) is 0 Å². The molecule has 3 unspecified atom stereocenters. The number of nitrogens with two attached hydrogens (primary N) is 1. The second kappa shape index (κ2) is 5.30. The SMILES string of the molecule is CC(C(=O)NC1CCCC1C(N)=S)S(C)(=O)=O. The van der Waals surface area contributed by atoms with Crippen LogP contribution in [-0.2, 0) is 14.6 Å². The van der Waals surface area contributed by atoms with Gasteiger partial charge in [0.05, 0.1) is 4.99 Å². The van der Waals surface area contributed by atoms with Crippen LogP contribution in [0.15, 0.2) is 0 Å². The maximum absolute atomic E-state index is 11.7. The lowest BCUT2D eigenvalue weighted by Gasteiger charge is -2.21. The third kappa shape index (κ3) is 3.64. The molecule has 1 saturated carbocycles. The van der Waals surface area contributed by atoms with Crippen LogP contribution in [0.5, 0.6) is 0 Å². The van der Waals surface area contributed by atoms with Gasteiger partial charge in [0.1, 0.15) is 5.25 Å². The standard InChI is InChI=1S/C10H18N2O3S2/c1-6(17(2,14)15)10(13)12-8-5-3-4-7(8)9(11)16/h6-8H,3-5H2,1-2H3,(H2,11,16)(H,12,13). The van der Waals surface area contributed by atoms with E-state index in [1.807, 2.05) is 0 Å². The predicted octanol–water partition coefficient (Wildman–Crippen LogP) is -0.00950. The molecule has 17 heavy (non-hydrogen) atoms. The Morgan fingerprint density at radius 1 is 1.47 bits per heavy atom. The lowest BCUT2D eigenvalue weighted by Crippen LogP contribution is -2.46. The summed E-state index contributed by atoms with van der Waals surface area (Å²) in [5.74, 6) is -0.485. The van der Waals surface area contributed by atoms with Crippen molar-refractivity contribution in [1.82, 2.24) is 5.32 Å². The van der Waals surface area contributed by atoms with Crippen LogP contribution in [0.2, 0.25) is 0 Å². The Balaban J connectivity index is 2.66. The summed E-state index contributed by atoms with van der Waals surface area (Å²) in [5, 5.41) is 1.70. The molecule has 0 aromatic rings. The van der Waals surface area contributed by atoms with E-state index in [9.17, 15) is 13.2 Å². The summed E-state index contributed by atoms with van der Waals surface area (Å²) in [6.07, 6.45) is 3.65. The fraction of sp³-hybridized carbons (Fsp3) is 0.800. The van der Waals surface area contributed by atoms with Gasteiger partial charge in [0.2, 0.25) is 5.91 Å². The first-order valence-electron chi connectivity index (χ1n) is 5.52. The van der Waals surface area contributed by atoms with Gasteiger partial charge in [-0.05, 0) is 19.8 Å². The van der Waals surface area contributed by atoms with E-state index in [-0.39, 0.29) is 12.0 Å². The Hall–Kier alpha value is -0.690. The smallest absolute Gasteiger partial charge is 0.238 e. The van der Waals surface area contributed by atoms with E-state index in [4.69, 9.17) is 18.0 Å². The summed E-state index contributed by atoms with van der Waals surface area (Å²) >= 11 is 4.93. The minimum atomic E-state index is -3.36. The lowest BCUT2D eigenvalue weighted by molar-refractivity contribution is -0.121. The number of hydrogen-bond acceptors (Lipinski definition) is 4. The molecule has 1 amide bonds. The zero-order valence-electron chi connectivity index (χ0n) is 9.97. The van der Waals surface area contributed by atoms with Crippen LogP contribution in [0.1, 0.15) is 26.2 Å². The summed E-state index contributed by atoms with van der Waals surface area (Å²) < 4.78 is 22.5. The zero-order valence-corrected chi connectivity index (χ0v) is 11.6. The molecular formula is C10H18N2O3S2. The highest BCUT2D eigenvalue weighted by Gasteiger charge is 2.33. The molecule has 1 fully saturated rings. The maximum Gasteiger partial charge on any atom is 0.238 e. The summed E-state index contributed by atoms with van der Waals surface area (Å²) in [6, 6.07) is -0.121. The molecule has 0 spiro atoms. The van der Waals surface area contributed by atoms with Gasteiger partial charge in [0.25, 0.3) is 0 Å². The van der Waals surface area contributed by atoms with Crippen molar-refractivity contribution in [3.63, 3.8) is 0 Å². The molecule has 98 valence electrons. The maximum atomic E-state index is 11.7. The van der Waals surface area contributed by atoms with E-state index in [0.29, 0.717) is 4.99 Å². The van der Waals surface area contributed by atoms with Gasteiger partial charge in [-0.15, -0.1) is 0 Å². The molecule has 0 heterocycles. The highest BCUT2D eigenvalue weighted by molar-refractivity contribution is 7.92. The first-order valence-corrected chi connectivity index (χ1v) is 7.88.